The van der Waals surface area contributed by atoms with Crippen LogP contribution in [0.4, 0.5) is 0 Å². The van der Waals surface area contributed by atoms with Gasteiger partial charge in [0.1, 0.15) is 0 Å². The molecule has 1 amide bonds. The summed E-state index contributed by atoms with van der Waals surface area (Å²) in [6, 6.07) is 8.66. The number of carbonyl (C=O) groups excluding carboxylic acids is 1. The Hall–Kier alpha value is -1.35. The van der Waals surface area contributed by atoms with Crippen molar-refractivity contribution in [3.05, 3.63) is 35.4 Å². The molecule has 104 valence electrons. The summed E-state index contributed by atoms with van der Waals surface area (Å²) in [4.78, 5) is 13.9. The van der Waals surface area contributed by atoms with Gasteiger partial charge in [-0.3, -0.25) is 4.79 Å². The SMILES string of the molecule is CCNC(CN1CC(C)CC1=O)c1ccccc1C. The first-order valence-corrected chi connectivity index (χ1v) is 7.18. The molecule has 0 spiro atoms. The van der Waals surface area contributed by atoms with E-state index in [1.165, 1.54) is 11.1 Å². The van der Waals surface area contributed by atoms with Crippen LogP contribution >= 0.6 is 0 Å². The molecule has 1 saturated heterocycles. The van der Waals surface area contributed by atoms with Gasteiger partial charge in [0.2, 0.25) is 5.91 Å². The van der Waals surface area contributed by atoms with Gasteiger partial charge in [-0.2, -0.15) is 0 Å². The first kappa shape index (κ1) is 14.1. The lowest BCUT2D eigenvalue weighted by atomic mass is 10.0. The summed E-state index contributed by atoms with van der Waals surface area (Å²) in [5, 5.41) is 3.51. The smallest absolute Gasteiger partial charge is 0.222 e. The Kier molecular flexibility index (Phi) is 4.59. The van der Waals surface area contributed by atoms with E-state index in [4.69, 9.17) is 0 Å². The van der Waals surface area contributed by atoms with Gasteiger partial charge in [0.25, 0.3) is 0 Å². The number of aryl methyl sites for hydroxylation is 1. The molecule has 1 aromatic carbocycles. The number of amides is 1. The maximum atomic E-state index is 11.9. The van der Waals surface area contributed by atoms with Gasteiger partial charge in [0, 0.05) is 19.5 Å². The van der Waals surface area contributed by atoms with E-state index in [0.29, 0.717) is 18.2 Å². The fraction of sp³-hybridized carbons (Fsp3) is 0.562. The molecular weight excluding hydrogens is 236 g/mol. The highest BCUT2D eigenvalue weighted by Crippen LogP contribution is 2.23. The second-order valence-corrected chi connectivity index (χ2v) is 5.57. The second-order valence-electron chi connectivity index (χ2n) is 5.57. The number of hydrogen-bond donors (Lipinski definition) is 1. The summed E-state index contributed by atoms with van der Waals surface area (Å²) >= 11 is 0. The first-order valence-electron chi connectivity index (χ1n) is 7.18. The number of likely N-dealkylation sites (N-methyl/N-ethyl adjacent to an activating group) is 1. The summed E-state index contributed by atoms with van der Waals surface area (Å²) in [6.45, 7) is 8.98. The molecule has 3 nitrogen and oxygen atoms in total. The average Bonchev–Trinajstić information content (AvgIpc) is 2.68. The Morgan fingerprint density at radius 3 is 2.74 bits per heavy atom. The third kappa shape index (κ3) is 3.35. The molecule has 1 aromatic rings. The molecule has 19 heavy (non-hydrogen) atoms. The minimum absolute atomic E-state index is 0.237. The van der Waals surface area contributed by atoms with E-state index in [1.54, 1.807) is 0 Å². The Morgan fingerprint density at radius 2 is 2.16 bits per heavy atom. The zero-order valence-corrected chi connectivity index (χ0v) is 12.1. The maximum absolute atomic E-state index is 11.9. The monoisotopic (exact) mass is 260 g/mol. The van der Waals surface area contributed by atoms with Crippen molar-refractivity contribution in [2.75, 3.05) is 19.6 Å². The van der Waals surface area contributed by atoms with E-state index in [-0.39, 0.29) is 6.04 Å². The molecule has 1 heterocycles. The number of rotatable bonds is 5. The molecule has 1 N–H and O–H groups in total. The van der Waals surface area contributed by atoms with Crippen molar-refractivity contribution < 1.29 is 4.79 Å². The Bertz CT molecular complexity index is 444. The lowest BCUT2D eigenvalue weighted by molar-refractivity contribution is -0.128. The third-order valence-corrected chi connectivity index (χ3v) is 3.83. The fourth-order valence-electron chi connectivity index (χ4n) is 2.86. The molecule has 2 unspecified atom stereocenters. The Balaban J connectivity index is 2.13. The summed E-state index contributed by atoms with van der Waals surface area (Å²) < 4.78 is 0. The van der Waals surface area contributed by atoms with Crippen molar-refractivity contribution in [1.82, 2.24) is 10.2 Å². The number of nitrogens with zero attached hydrogens (tertiary/aromatic N) is 1. The average molecular weight is 260 g/mol. The van der Waals surface area contributed by atoms with E-state index in [0.717, 1.165) is 19.6 Å². The van der Waals surface area contributed by atoms with Gasteiger partial charge < -0.3 is 10.2 Å². The van der Waals surface area contributed by atoms with Crippen LogP contribution in [0.5, 0.6) is 0 Å². The normalized spacial score (nSPS) is 20.9. The molecule has 1 aliphatic heterocycles. The summed E-state index contributed by atoms with van der Waals surface area (Å²) in [7, 11) is 0. The van der Waals surface area contributed by atoms with Crippen LogP contribution in [0.15, 0.2) is 24.3 Å². The van der Waals surface area contributed by atoms with E-state index in [1.807, 2.05) is 4.90 Å². The predicted octanol–water partition coefficient (Wildman–Crippen LogP) is 2.51. The van der Waals surface area contributed by atoms with E-state index in [2.05, 4.69) is 50.4 Å². The summed E-state index contributed by atoms with van der Waals surface area (Å²) in [5.41, 5.74) is 2.59. The van der Waals surface area contributed by atoms with Gasteiger partial charge in [-0.1, -0.05) is 38.1 Å². The van der Waals surface area contributed by atoms with Gasteiger partial charge in [-0.15, -0.1) is 0 Å². The van der Waals surface area contributed by atoms with E-state index in [9.17, 15) is 4.79 Å². The quantitative estimate of drug-likeness (QED) is 0.882. The topological polar surface area (TPSA) is 32.3 Å². The molecule has 0 aliphatic carbocycles. The molecule has 3 heteroatoms. The van der Waals surface area contributed by atoms with Gasteiger partial charge >= 0.3 is 0 Å². The highest BCUT2D eigenvalue weighted by atomic mass is 16.2. The molecule has 2 atom stereocenters. The van der Waals surface area contributed by atoms with Gasteiger partial charge in [0.15, 0.2) is 0 Å². The van der Waals surface area contributed by atoms with Gasteiger partial charge in [-0.05, 0) is 30.5 Å². The van der Waals surface area contributed by atoms with Crippen LogP contribution in [0.1, 0.15) is 37.4 Å². The number of likely N-dealkylation sites (tertiary alicyclic amines) is 1. The van der Waals surface area contributed by atoms with E-state index >= 15 is 0 Å². The lowest BCUT2D eigenvalue weighted by Crippen LogP contribution is -2.36. The van der Waals surface area contributed by atoms with E-state index < -0.39 is 0 Å². The van der Waals surface area contributed by atoms with Gasteiger partial charge in [-0.25, -0.2) is 0 Å². The molecule has 0 saturated carbocycles. The third-order valence-electron chi connectivity index (χ3n) is 3.83. The zero-order chi connectivity index (χ0) is 13.8. The number of benzene rings is 1. The molecule has 0 aromatic heterocycles. The predicted molar refractivity (Wildman–Crippen MR) is 78.0 cm³/mol. The summed E-state index contributed by atoms with van der Waals surface area (Å²) in [5.74, 6) is 0.788. The van der Waals surface area contributed by atoms with Crippen molar-refractivity contribution in [2.24, 2.45) is 5.92 Å². The second kappa shape index (κ2) is 6.20. The number of carbonyl (C=O) groups is 1. The largest absolute Gasteiger partial charge is 0.340 e. The molecular formula is C16H24N2O. The van der Waals surface area contributed by atoms with Crippen LogP contribution in [0.25, 0.3) is 0 Å². The zero-order valence-electron chi connectivity index (χ0n) is 12.1. The summed E-state index contributed by atoms with van der Waals surface area (Å²) in [6.07, 6.45) is 0.701. The molecule has 0 radical (unpaired) electrons. The van der Waals surface area contributed by atoms with Crippen molar-refractivity contribution in [1.29, 1.82) is 0 Å². The van der Waals surface area contributed by atoms with Gasteiger partial charge in [0.05, 0.1) is 6.04 Å². The van der Waals surface area contributed by atoms with Crippen LogP contribution in [0.2, 0.25) is 0 Å². The van der Waals surface area contributed by atoms with Crippen LogP contribution in [0.3, 0.4) is 0 Å². The molecule has 1 aliphatic rings. The van der Waals surface area contributed by atoms with Crippen molar-refractivity contribution >= 4 is 5.91 Å². The van der Waals surface area contributed by atoms with Crippen LogP contribution < -0.4 is 5.32 Å². The standard InChI is InChI=1S/C16H24N2O/c1-4-17-15(14-8-6-5-7-13(14)3)11-18-10-12(2)9-16(18)19/h5-8,12,15,17H,4,9-11H2,1-3H3. The molecule has 1 fully saturated rings. The van der Waals surface area contributed by atoms with Crippen LogP contribution in [-0.4, -0.2) is 30.4 Å². The minimum atomic E-state index is 0.237. The Labute approximate surface area is 116 Å². The van der Waals surface area contributed by atoms with Crippen LogP contribution in [-0.2, 0) is 4.79 Å². The minimum Gasteiger partial charge on any atom is -0.340 e. The highest BCUT2D eigenvalue weighted by molar-refractivity contribution is 5.78. The van der Waals surface area contributed by atoms with Crippen molar-refractivity contribution in [3.63, 3.8) is 0 Å². The lowest BCUT2D eigenvalue weighted by Gasteiger charge is -2.26. The maximum Gasteiger partial charge on any atom is 0.222 e. The Morgan fingerprint density at radius 1 is 1.42 bits per heavy atom. The number of hydrogen-bond acceptors (Lipinski definition) is 2. The van der Waals surface area contributed by atoms with Crippen molar-refractivity contribution in [3.8, 4) is 0 Å². The molecule has 0 bridgehead atoms. The number of nitrogens with one attached hydrogen (secondary N) is 1. The van der Waals surface area contributed by atoms with Crippen molar-refractivity contribution in [2.45, 2.75) is 33.2 Å². The fourth-order valence-corrected chi connectivity index (χ4v) is 2.86. The first-order chi connectivity index (χ1) is 9.11. The highest BCUT2D eigenvalue weighted by Gasteiger charge is 2.28. The van der Waals surface area contributed by atoms with Crippen LogP contribution in [0, 0.1) is 12.8 Å². The molecule has 2 rings (SSSR count).